The van der Waals surface area contributed by atoms with E-state index in [4.69, 9.17) is 16.3 Å². The summed E-state index contributed by atoms with van der Waals surface area (Å²) in [6.45, 7) is 0.148. The Morgan fingerprint density at radius 1 is 1.06 bits per heavy atom. The summed E-state index contributed by atoms with van der Waals surface area (Å²) >= 11 is 9.17. The fourth-order valence-corrected chi connectivity index (χ4v) is 1.78. The third-order valence-corrected chi connectivity index (χ3v) is 3.51. The number of rotatable bonds is 3. The van der Waals surface area contributed by atoms with Gasteiger partial charge in [0.05, 0.1) is 5.02 Å². The van der Waals surface area contributed by atoms with Crippen molar-refractivity contribution in [2.45, 2.75) is 6.61 Å². The molecule has 0 aliphatic rings. The predicted molar refractivity (Wildman–Crippen MR) is 69.8 cm³/mol. The van der Waals surface area contributed by atoms with E-state index >= 15 is 0 Å². The van der Waals surface area contributed by atoms with Gasteiger partial charge in [-0.3, -0.25) is 0 Å². The Labute approximate surface area is 116 Å². The summed E-state index contributed by atoms with van der Waals surface area (Å²) in [7, 11) is 0. The Balaban J connectivity index is 2.06. The Hall–Kier alpha value is -1.13. The molecule has 0 unspecified atom stereocenters. The van der Waals surface area contributed by atoms with Crippen LogP contribution in [0.5, 0.6) is 5.75 Å². The van der Waals surface area contributed by atoms with Gasteiger partial charge in [-0.25, -0.2) is 8.78 Å². The molecule has 0 fully saturated rings. The Kier molecular flexibility index (Phi) is 4.19. The van der Waals surface area contributed by atoms with Crippen molar-refractivity contribution in [2.75, 3.05) is 0 Å². The lowest BCUT2D eigenvalue weighted by Crippen LogP contribution is -1.97. The quantitative estimate of drug-likeness (QED) is 0.771. The maximum Gasteiger partial charge on any atom is 0.159 e. The summed E-state index contributed by atoms with van der Waals surface area (Å²) in [4.78, 5) is 0. The largest absolute Gasteiger partial charge is 0.489 e. The number of halogens is 4. The van der Waals surface area contributed by atoms with Crippen LogP contribution in [0.15, 0.2) is 40.9 Å². The molecule has 1 nitrogen and oxygen atoms in total. The van der Waals surface area contributed by atoms with Crippen molar-refractivity contribution in [2.24, 2.45) is 0 Å². The van der Waals surface area contributed by atoms with Crippen LogP contribution in [0.25, 0.3) is 0 Å². The molecule has 0 atom stereocenters. The van der Waals surface area contributed by atoms with Gasteiger partial charge in [-0.15, -0.1) is 0 Å². The van der Waals surface area contributed by atoms with Gasteiger partial charge < -0.3 is 4.74 Å². The lowest BCUT2D eigenvalue weighted by Gasteiger charge is -2.07. The van der Waals surface area contributed by atoms with E-state index < -0.39 is 11.6 Å². The summed E-state index contributed by atoms with van der Waals surface area (Å²) in [6, 6.07) is 8.78. The highest BCUT2D eigenvalue weighted by Gasteiger charge is 2.04. The Morgan fingerprint density at radius 2 is 1.83 bits per heavy atom. The molecule has 0 heterocycles. The SMILES string of the molecule is Fc1ccc(COc2ccc(Br)c(Cl)c2)cc1F. The number of benzene rings is 2. The van der Waals surface area contributed by atoms with Crippen molar-refractivity contribution in [3.05, 3.63) is 63.1 Å². The van der Waals surface area contributed by atoms with Crippen molar-refractivity contribution in [1.29, 1.82) is 0 Å². The average molecular weight is 334 g/mol. The molecule has 0 radical (unpaired) electrons. The summed E-state index contributed by atoms with van der Waals surface area (Å²) < 4.78 is 31.9. The van der Waals surface area contributed by atoms with E-state index in [1.54, 1.807) is 18.2 Å². The van der Waals surface area contributed by atoms with Crippen molar-refractivity contribution >= 4 is 27.5 Å². The fourth-order valence-electron chi connectivity index (χ4n) is 1.36. The molecule has 2 rings (SSSR count). The molecule has 0 bridgehead atoms. The van der Waals surface area contributed by atoms with E-state index in [0.29, 0.717) is 16.3 Å². The lowest BCUT2D eigenvalue weighted by atomic mass is 10.2. The summed E-state index contributed by atoms with van der Waals surface area (Å²) in [5.41, 5.74) is 0.549. The minimum Gasteiger partial charge on any atom is -0.489 e. The van der Waals surface area contributed by atoms with Crippen LogP contribution in [0.4, 0.5) is 8.78 Å². The predicted octanol–water partition coefficient (Wildman–Crippen LogP) is 4.96. The van der Waals surface area contributed by atoms with Gasteiger partial charge in [0.25, 0.3) is 0 Å². The van der Waals surface area contributed by atoms with Gasteiger partial charge in [0.1, 0.15) is 12.4 Å². The first-order valence-corrected chi connectivity index (χ1v) is 6.25. The molecular formula is C13H8BrClF2O. The van der Waals surface area contributed by atoms with Gasteiger partial charge in [-0.2, -0.15) is 0 Å². The highest BCUT2D eigenvalue weighted by Crippen LogP contribution is 2.27. The molecule has 0 amide bonds. The Morgan fingerprint density at radius 3 is 2.50 bits per heavy atom. The summed E-state index contributed by atoms with van der Waals surface area (Å²) in [5.74, 6) is -1.19. The smallest absolute Gasteiger partial charge is 0.159 e. The first-order chi connectivity index (χ1) is 8.56. The van der Waals surface area contributed by atoms with Gasteiger partial charge in [0.15, 0.2) is 11.6 Å². The zero-order valence-corrected chi connectivity index (χ0v) is 11.4. The first kappa shape index (κ1) is 13.3. The fraction of sp³-hybridized carbons (Fsp3) is 0.0769. The van der Waals surface area contributed by atoms with Crippen LogP contribution >= 0.6 is 27.5 Å². The van der Waals surface area contributed by atoms with E-state index in [1.165, 1.54) is 6.07 Å². The van der Waals surface area contributed by atoms with Gasteiger partial charge >= 0.3 is 0 Å². The summed E-state index contributed by atoms with van der Waals surface area (Å²) in [6.07, 6.45) is 0. The van der Waals surface area contributed by atoms with Crippen molar-refractivity contribution in [1.82, 2.24) is 0 Å². The van der Waals surface area contributed by atoms with Gasteiger partial charge in [-0.05, 0) is 51.8 Å². The topological polar surface area (TPSA) is 9.23 Å². The van der Waals surface area contributed by atoms with Crippen LogP contribution in [0.1, 0.15) is 5.56 Å². The third kappa shape index (κ3) is 3.21. The van der Waals surface area contributed by atoms with E-state index in [9.17, 15) is 8.78 Å². The molecule has 0 saturated heterocycles. The maximum atomic E-state index is 13.0. The minimum absolute atomic E-state index is 0.148. The second-order valence-electron chi connectivity index (χ2n) is 3.61. The zero-order chi connectivity index (χ0) is 13.1. The lowest BCUT2D eigenvalue weighted by molar-refractivity contribution is 0.305. The number of hydrogen-bond donors (Lipinski definition) is 0. The standard InChI is InChI=1S/C13H8BrClF2O/c14-10-3-2-9(6-11(10)15)18-7-8-1-4-12(16)13(17)5-8/h1-6H,7H2. The molecule has 2 aromatic carbocycles. The van der Waals surface area contributed by atoms with Crippen LogP contribution in [-0.2, 0) is 6.61 Å². The Bertz CT molecular complexity index is 523. The normalized spacial score (nSPS) is 10.4. The molecular weight excluding hydrogens is 325 g/mol. The van der Waals surface area contributed by atoms with Crippen LogP contribution in [0, 0.1) is 11.6 Å². The molecule has 5 heteroatoms. The molecule has 0 aliphatic carbocycles. The highest BCUT2D eigenvalue weighted by molar-refractivity contribution is 9.10. The van der Waals surface area contributed by atoms with Crippen molar-refractivity contribution < 1.29 is 13.5 Å². The van der Waals surface area contributed by atoms with Crippen LogP contribution in [0.3, 0.4) is 0 Å². The first-order valence-electron chi connectivity index (χ1n) is 5.08. The molecule has 0 N–H and O–H groups in total. The molecule has 94 valence electrons. The van der Waals surface area contributed by atoms with Crippen LogP contribution in [0.2, 0.25) is 5.02 Å². The molecule has 2 aromatic rings. The molecule has 18 heavy (non-hydrogen) atoms. The number of hydrogen-bond acceptors (Lipinski definition) is 1. The highest BCUT2D eigenvalue weighted by atomic mass is 79.9. The van der Waals surface area contributed by atoms with E-state index in [-0.39, 0.29) is 6.61 Å². The van der Waals surface area contributed by atoms with Crippen LogP contribution in [-0.4, -0.2) is 0 Å². The number of ether oxygens (including phenoxy) is 1. The second-order valence-corrected chi connectivity index (χ2v) is 4.87. The van der Waals surface area contributed by atoms with Gasteiger partial charge in [0.2, 0.25) is 0 Å². The zero-order valence-electron chi connectivity index (χ0n) is 9.09. The maximum absolute atomic E-state index is 13.0. The third-order valence-electron chi connectivity index (χ3n) is 2.28. The van der Waals surface area contributed by atoms with E-state index in [2.05, 4.69) is 15.9 Å². The van der Waals surface area contributed by atoms with Crippen molar-refractivity contribution in [3.63, 3.8) is 0 Å². The monoisotopic (exact) mass is 332 g/mol. The van der Waals surface area contributed by atoms with Crippen molar-refractivity contribution in [3.8, 4) is 5.75 Å². The van der Waals surface area contributed by atoms with Crippen LogP contribution < -0.4 is 4.74 Å². The molecule has 0 spiro atoms. The van der Waals surface area contributed by atoms with E-state index in [1.807, 2.05) is 0 Å². The van der Waals surface area contributed by atoms with Gasteiger partial charge in [0, 0.05) is 4.47 Å². The molecule has 0 saturated carbocycles. The van der Waals surface area contributed by atoms with E-state index in [0.717, 1.165) is 16.6 Å². The summed E-state index contributed by atoms with van der Waals surface area (Å²) in [5, 5.41) is 0.526. The molecule has 0 aliphatic heterocycles. The molecule has 0 aromatic heterocycles. The second kappa shape index (κ2) is 5.67. The average Bonchev–Trinajstić information content (AvgIpc) is 2.35. The minimum atomic E-state index is -0.884. The van der Waals surface area contributed by atoms with Gasteiger partial charge in [-0.1, -0.05) is 17.7 Å².